The van der Waals surface area contributed by atoms with Gasteiger partial charge < -0.3 is 10.3 Å². The summed E-state index contributed by atoms with van der Waals surface area (Å²) in [5, 5.41) is 0. The molecule has 0 radical (unpaired) electrons. The number of aryl methyl sites for hydroxylation is 1. The molecule has 2 rings (SSSR count). The van der Waals surface area contributed by atoms with Crippen LogP contribution in [0.5, 0.6) is 0 Å². The lowest BCUT2D eigenvalue weighted by atomic mass is 10.00. The Kier molecular flexibility index (Phi) is 1.66. The Hall–Kier alpha value is -0.830. The van der Waals surface area contributed by atoms with E-state index in [9.17, 15) is 0 Å². The number of nitrogens with zero attached hydrogens (tertiary/aromatic N) is 2. The van der Waals surface area contributed by atoms with Crippen LogP contribution in [-0.2, 0) is 13.0 Å². The average molecular weight is 151 g/mol. The summed E-state index contributed by atoms with van der Waals surface area (Å²) >= 11 is 0. The number of imidazole rings is 1. The van der Waals surface area contributed by atoms with E-state index >= 15 is 0 Å². The number of rotatable bonds is 1. The summed E-state index contributed by atoms with van der Waals surface area (Å²) in [6.45, 7) is 1.86. The van der Waals surface area contributed by atoms with Crippen molar-refractivity contribution in [1.29, 1.82) is 0 Å². The van der Waals surface area contributed by atoms with Gasteiger partial charge in [-0.15, -0.1) is 0 Å². The summed E-state index contributed by atoms with van der Waals surface area (Å²) in [7, 11) is 0. The lowest BCUT2D eigenvalue weighted by molar-refractivity contribution is 0.373. The summed E-state index contributed by atoms with van der Waals surface area (Å²) in [5.74, 6) is 1.88. The fourth-order valence-corrected chi connectivity index (χ4v) is 1.63. The molecular weight excluding hydrogens is 138 g/mol. The van der Waals surface area contributed by atoms with E-state index in [1.807, 2.05) is 12.4 Å². The van der Waals surface area contributed by atoms with E-state index in [2.05, 4.69) is 9.55 Å². The van der Waals surface area contributed by atoms with Gasteiger partial charge in [0.1, 0.15) is 5.82 Å². The molecule has 3 heteroatoms. The van der Waals surface area contributed by atoms with Crippen molar-refractivity contribution >= 4 is 0 Å². The Balaban J connectivity index is 2.18. The summed E-state index contributed by atoms with van der Waals surface area (Å²) in [6.07, 6.45) is 6.20. The second-order valence-electron chi connectivity index (χ2n) is 3.14. The van der Waals surface area contributed by atoms with Gasteiger partial charge in [-0.25, -0.2) is 4.98 Å². The lowest BCUT2D eigenvalue weighted by Gasteiger charge is -2.21. The molecule has 1 aromatic rings. The highest BCUT2D eigenvalue weighted by Gasteiger charge is 2.16. The number of fused-ring (bicyclic) bond motifs is 1. The highest BCUT2D eigenvalue weighted by Crippen LogP contribution is 2.16. The molecule has 0 amide bonds. The van der Waals surface area contributed by atoms with Gasteiger partial charge in [0.25, 0.3) is 0 Å². The standard InChI is InChI=1S/C8H13N3/c9-5-7-1-2-8-10-3-4-11(8)6-7/h3-4,7H,1-2,5-6,9H2/t7-/m0/s1. The number of hydrogen-bond donors (Lipinski definition) is 1. The van der Waals surface area contributed by atoms with Gasteiger partial charge in [0.15, 0.2) is 0 Å². The highest BCUT2D eigenvalue weighted by molar-refractivity contribution is 4.96. The third-order valence-electron chi connectivity index (χ3n) is 2.37. The van der Waals surface area contributed by atoms with E-state index < -0.39 is 0 Å². The first-order chi connectivity index (χ1) is 5.40. The number of aromatic nitrogens is 2. The van der Waals surface area contributed by atoms with Crippen LogP contribution in [-0.4, -0.2) is 16.1 Å². The van der Waals surface area contributed by atoms with Gasteiger partial charge in [0.2, 0.25) is 0 Å². The van der Waals surface area contributed by atoms with Crippen LogP contribution in [0.25, 0.3) is 0 Å². The Morgan fingerprint density at radius 1 is 1.73 bits per heavy atom. The van der Waals surface area contributed by atoms with Gasteiger partial charge in [0.05, 0.1) is 0 Å². The smallest absolute Gasteiger partial charge is 0.108 e. The summed E-state index contributed by atoms with van der Waals surface area (Å²) < 4.78 is 2.21. The van der Waals surface area contributed by atoms with Crippen molar-refractivity contribution in [3.8, 4) is 0 Å². The molecule has 0 saturated carbocycles. The first-order valence-corrected chi connectivity index (χ1v) is 4.10. The molecule has 0 unspecified atom stereocenters. The molecule has 11 heavy (non-hydrogen) atoms. The Labute approximate surface area is 66.2 Å². The third-order valence-corrected chi connectivity index (χ3v) is 2.37. The molecule has 60 valence electrons. The van der Waals surface area contributed by atoms with E-state index in [0.717, 1.165) is 19.5 Å². The lowest BCUT2D eigenvalue weighted by Crippen LogP contribution is -2.25. The minimum atomic E-state index is 0.664. The van der Waals surface area contributed by atoms with Crippen LogP contribution in [0.3, 0.4) is 0 Å². The van der Waals surface area contributed by atoms with E-state index in [1.54, 1.807) is 0 Å². The van der Waals surface area contributed by atoms with Gasteiger partial charge in [-0.1, -0.05) is 0 Å². The largest absolute Gasteiger partial charge is 0.335 e. The second kappa shape index (κ2) is 2.66. The predicted octanol–water partition coefficient (Wildman–Crippen LogP) is 0.404. The Bertz CT molecular complexity index is 241. The molecule has 1 aromatic heterocycles. The molecule has 0 aliphatic carbocycles. The Morgan fingerprint density at radius 3 is 3.45 bits per heavy atom. The zero-order chi connectivity index (χ0) is 7.68. The van der Waals surface area contributed by atoms with Crippen molar-refractivity contribution in [2.24, 2.45) is 11.7 Å². The molecule has 3 nitrogen and oxygen atoms in total. The van der Waals surface area contributed by atoms with Crippen molar-refractivity contribution in [2.45, 2.75) is 19.4 Å². The monoisotopic (exact) mass is 151 g/mol. The molecule has 0 spiro atoms. The number of nitrogens with two attached hydrogens (primary N) is 1. The first kappa shape index (κ1) is 6.85. The van der Waals surface area contributed by atoms with Gasteiger partial charge in [-0.3, -0.25) is 0 Å². The molecular formula is C8H13N3. The fourth-order valence-electron chi connectivity index (χ4n) is 1.63. The van der Waals surface area contributed by atoms with E-state index in [1.165, 1.54) is 12.2 Å². The highest BCUT2D eigenvalue weighted by atomic mass is 15.1. The van der Waals surface area contributed by atoms with Gasteiger partial charge in [0, 0.05) is 25.4 Å². The molecule has 0 bridgehead atoms. The molecule has 1 atom stereocenters. The predicted molar refractivity (Wildman–Crippen MR) is 43.1 cm³/mol. The van der Waals surface area contributed by atoms with Crippen LogP contribution in [0.4, 0.5) is 0 Å². The zero-order valence-corrected chi connectivity index (χ0v) is 6.53. The third kappa shape index (κ3) is 1.16. The SMILES string of the molecule is NC[C@@H]1CCc2nccn2C1. The molecule has 0 fully saturated rings. The number of hydrogen-bond acceptors (Lipinski definition) is 2. The molecule has 0 saturated heterocycles. The summed E-state index contributed by atoms with van der Waals surface area (Å²) in [6, 6.07) is 0. The average Bonchev–Trinajstić information content (AvgIpc) is 2.50. The quantitative estimate of drug-likeness (QED) is 0.631. The topological polar surface area (TPSA) is 43.8 Å². The van der Waals surface area contributed by atoms with Gasteiger partial charge in [-0.05, 0) is 18.9 Å². The minimum absolute atomic E-state index is 0.664. The molecule has 1 aliphatic heterocycles. The first-order valence-electron chi connectivity index (χ1n) is 4.10. The minimum Gasteiger partial charge on any atom is -0.335 e. The van der Waals surface area contributed by atoms with Crippen LogP contribution in [0.1, 0.15) is 12.2 Å². The maximum atomic E-state index is 5.60. The van der Waals surface area contributed by atoms with E-state index in [0.29, 0.717) is 5.92 Å². The normalized spacial score (nSPS) is 23.2. The van der Waals surface area contributed by atoms with E-state index in [-0.39, 0.29) is 0 Å². The molecule has 0 aromatic carbocycles. The van der Waals surface area contributed by atoms with Crippen molar-refractivity contribution in [3.05, 3.63) is 18.2 Å². The second-order valence-corrected chi connectivity index (χ2v) is 3.14. The van der Waals surface area contributed by atoms with Crippen LogP contribution >= 0.6 is 0 Å². The van der Waals surface area contributed by atoms with Crippen LogP contribution in [0.15, 0.2) is 12.4 Å². The van der Waals surface area contributed by atoms with Crippen LogP contribution in [0, 0.1) is 5.92 Å². The molecule has 2 heterocycles. The van der Waals surface area contributed by atoms with Crippen molar-refractivity contribution < 1.29 is 0 Å². The molecule has 1 aliphatic rings. The van der Waals surface area contributed by atoms with Crippen molar-refractivity contribution in [2.75, 3.05) is 6.54 Å². The zero-order valence-electron chi connectivity index (χ0n) is 6.53. The Morgan fingerprint density at radius 2 is 2.64 bits per heavy atom. The fraction of sp³-hybridized carbons (Fsp3) is 0.625. The summed E-state index contributed by atoms with van der Waals surface area (Å²) in [4.78, 5) is 4.25. The summed E-state index contributed by atoms with van der Waals surface area (Å²) in [5.41, 5.74) is 5.60. The van der Waals surface area contributed by atoms with Gasteiger partial charge >= 0.3 is 0 Å². The van der Waals surface area contributed by atoms with Crippen molar-refractivity contribution in [1.82, 2.24) is 9.55 Å². The molecule has 2 N–H and O–H groups in total. The van der Waals surface area contributed by atoms with Crippen molar-refractivity contribution in [3.63, 3.8) is 0 Å². The van der Waals surface area contributed by atoms with Gasteiger partial charge in [-0.2, -0.15) is 0 Å². The maximum absolute atomic E-state index is 5.60. The van der Waals surface area contributed by atoms with E-state index in [4.69, 9.17) is 5.73 Å². The maximum Gasteiger partial charge on any atom is 0.108 e. The van der Waals surface area contributed by atoms with Crippen LogP contribution < -0.4 is 5.73 Å². The van der Waals surface area contributed by atoms with Crippen LogP contribution in [0.2, 0.25) is 0 Å².